The molecule has 1 unspecified atom stereocenters. The molecule has 0 saturated carbocycles. The first kappa shape index (κ1) is 20.8. The Labute approximate surface area is 162 Å². The molecule has 0 radical (unpaired) electrons. The molecule has 146 valence electrons. The molecule has 0 aliphatic carbocycles. The summed E-state index contributed by atoms with van der Waals surface area (Å²) in [5, 5.41) is 15.7. The largest absolute Gasteiger partial charge is 0.503 e. The quantitative estimate of drug-likeness (QED) is 0.418. The summed E-state index contributed by atoms with van der Waals surface area (Å²) in [6.45, 7) is 3.33. The van der Waals surface area contributed by atoms with Crippen molar-refractivity contribution in [3.8, 4) is 5.75 Å². The highest BCUT2D eigenvalue weighted by atomic mass is 32.2. The number of carbonyl (C=O) groups excluding carboxylic acids is 2. The third-order valence-electron chi connectivity index (χ3n) is 3.35. The van der Waals surface area contributed by atoms with Crippen molar-refractivity contribution >= 4 is 40.4 Å². The molecule has 0 saturated heterocycles. The zero-order chi connectivity index (χ0) is 20.1. The number of aldehydes is 1. The van der Waals surface area contributed by atoms with Gasteiger partial charge in [-0.05, 0) is 44.2 Å². The van der Waals surface area contributed by atoms with Crippen molar-refractivity contribution in [1.82, 2.24) is 14.0 Å². The van der Waals surface area contributed by atoms with E-state index in [1.807, 2.05) is 6.92 Å². The van der Waals surface area contributed by atoms with Crippen LogP contribution in [0.3, 0.4) is 0 Å². The van der Waals surface area contributed by atoms with Gasteiger partial charge in [-0.25, -0.2) is 8.51 Å². The number of anilines is 1. The fraction of sp³-hybridized carbons (Fsp3) is 0.312. The van der Waals surface area contributed by atoms with E-state index in [1.165, 1.54) is 11.2 Å². The molecule has 11 heteroatoms. The molecule has 0 bridgehead atoms. The van der Waals surface area contributed by atoms with E-state index in [-0.39, 0.29) is 33.7 Å². The van der Waals surface area contributed by atoms with Crippen LogP contribution in [0.15, 0.2) is 32.3 Å². The van der Waals surface area contributed by atoms with Crippen molar-refractivity contribution in [3.05, 3.63) is 35.0 Å². The van der Waals surface area contributed by atoms with Crippen LogP contribution in [0.2, 0.25) is 0 Å². The molecule has 0 aliphatic heterocycles. The van der Waals surface area contributed by atoms with Gasteiger partial charge in [-0.15, -0.1) is 0 Å². The first-order valence-corrected chi connectivity index (χ1v) is 9.65. The molecule has 0 amide bonds. The van der Waals surface area contributed by atoms with E-state index in [9.17, 15) is 18.9 Å². The minimum Gasteiger partial charge on any atom is -0.503 e. The molecule has 27 heavy (non-hydrogen) atoms. The van der Waals surface area contributed by atoms with E-state index in [0.717, 1.165) is 17.1 Å². The number of rotatable bonds is 9. The van der Waals surface area contributed by atoms with Crippen LogP contribution in [0, 0.1) is 6.92 Å². The van der Waals surface area contributed by atoms with Gasteiger partial charge in [0, 0.05) is 6.92 Å². The summed E-state index contributed by atoms with van der Waals surface area (Å²) in [6.07, 6.45) is 2.06. The number of hydrogen-bond donors (Lipinski definition) is 3. The maximum Gasteiger partial charge on any atom is 0.189 e. The monoisotopic (exact) mass is 412 g/mol. The van der Waals surface area contributed by atoms with Gasteiger partial charge in [-0.1, -0.05) is 0 Å². The lowest BCUT2D eigenvalue weighted by Crippen LogP contribution is -2.22. The zero-order valence-electron chi connectivity index (χ0n) is 15.2. The van der Waals surface area contributed by atoms with Crippen LogP contribution >= 0.6 is 11.5 Å². The number of aromatic hydroxyl groups is 1. The molecule has 1 atom stereocenters. The molecule has 2 rings (SSSR count). The molecule has 0 spiro atoms. The van der Waals surface area contributed by atoms with Crippen LogP contribution in [0.25, 0.3) is 0 Å². The number of nitrogens with one attached hydrogen (secondary N) is 2. The summed E-state index contributed by atoms with van der Waals surface area (Å²) in [5.74, 6) is -0.235. The molecule has 2 aromatic heterocycles. The second-order valence-corrected chi connectivity index (χ2v) is 8.43. The van der Waals surface area contributed by atoms with E-state index in [0.29, 0.717) is 12.0 Å². The van der Waals surface area contributed by atoms with Crippen molar-refractivity contribution in [2.75, 3.05) is 19.4 Å². The van der Waals surface area contributed by atoms with Gasteiger partial charge in [0.25, 0.3) is 0 Å². The summed E-state index contributed by atoms with van der Waals surface area (Å²) in [7, 11) is 1.59. The molecular weight excluding hydrogens is 392 g/mol. The predicted octanol–water partition coefficient (Wildman–Crippen LogP) is 1.54. The Morgan fingerprint density at radius 2 is 2.19 bits per heavy atom. The smallest absolute Gasteiger partial charge is 0.189 e. The SMILES string of the molecule is CC(=O)/C(Nc1nsc(S(=O)N(C)C)c1O)=C(\C=O)NCc1cc(C)co1. The van der Waals surface area contributed by atoms with E-state index < -0.39 is 16.8 Å². The fourth-order valence-electron chi connectivity index (χ4n) is 2.05. The highest BCUT2D eigenvalue weighted by molar-refractivity contribution is 7.85. The average molecular weight is 412 g/mol. The Hall–Kier alpha value is -2.50. The Kier molecular flexibility index (Phi) is 6.88. The van der Waals surface area contributed by atoms with Crippen LogP contribution in [-0.2, 0) is 27.1 Å². The third kappa shape index (κ3) is 5.02. The molecule has 9 nitrogen and oxygen atoms in total. The van der Waals surface area contributed by atoms with E-state index in [1.54, 1.807) is 26.4 Å². The summed E-state index contributed by atoms with van der Waals surface area (Å²) in [5.41, 5.74) is 0.845. The number of Topliss-reactive ketones (excluding diaryl/α,β-unsaturated/α-hetero) is 1. The Morgan fingerprint density at radius 3 is 2.70 bits per heavy atom. The van der Waals surface area contributed by atoms with Crippen LogP contribution in [0.5, 0.6) is 5.75 Å². The summed E-state index contributed by atoms with van der Waals surface area (Å²) >= 11 is 0.837. The van der Waals surface area contributed by atoms with Gasteiger partial charge in [-0.2, -0.15) is 4.37 Å². The number of hydrogen-bond acceptors (Lipinski definition) is 9. The molecule has 0 aliphatic rings. The molecule has 2 aromatic rings. The summed E-state index contributed by atoms with van der Waals surface area (Å²) in [4.78, 5) is 23.5. The molecule has 0 aromatic carbocycles. The van der Waals surface area contributed by atoms with E-state index in [4.69, 9.17) is 4.42 Å². The minimum atomic E-state index is -1.59. The Morgan fingerprint density at radius 1 is 1.48 bits per heavy atom. The van der Waals surface area contributed by atoms with Crippen LogP contribution < -0.4 is 10.6 Å². The zero-order valence-corrected chi connectivity index (χ0v) is 16.9. The van der Waals surface area contributed by atoms with E-state index >= 15 is 0 Å². The van der Waals surface area contributed by atoms with Gasteiger partial charge in [0.1, 0.15) is 28.1 Å². The fourth-order valence-corrected chi connectivity index (χ4v) is 3.95. The number of nitrogens with zero attached hydrogens (tertiary/aromatic N) is 2. The van der Waals surface area contributed by atoms with E-state index in [2.05, 4.69) is 15.0 Å². The average Bonchev–Trinajstić information content (AvgIpc) is 3.19. The van der Waals surface area contributed by atoms with Gasteiger partial charge < -0.3 is 20.2 Å². The number of aryl methyl sites for hydroxylation is 1. The second-order valence-electron chi connectivity index (χ2n) is 5.76. The van der Waals surface area contributed by atoms with Crippen molar-refractivity contribution in [2.45, 2.75) is 24.6 Å². The molecule has 2 heterocycles. The highest BCUT2D eigenvalue weighted by Gasteiger charge is 2.22. The number of allylic oxidation sites excluding steroid dienone is 2. The van der Waals surface area contributed by atoms with Crippen LogP contribution in [-0.4, -0.2) is 44.2 Å². The van der Waals surface area contributed by atoms with Gasteiger partial charge in [0.15, 0.2) is 27.8 Å². The van der Waals surface area contributed by atoms with Crippen molar-refractivity contribution in [1.29, 1.82) is 0 Å². The Bertz CT molecular complexity index is 901. The lowest BCUT2D eigenvalue weighted by molar-refractivity contribution is -0.114. The predicted molar refractivity (Wildman–Crippen MR) is 102 cm³/mol. The van der Waals surface area contributed by atoms with Crippen molar-refractivity contribution < 1.29 is 23.3 Å². The first-order valence-electron chi connectivity index (χ1n) is 7.77. The van der Waals surface area contributed by atoms with Crippen LogP contribution in [0.1, 0.15) is 18.2 Å². The minimum absolute atomic E-state index is 0.0146. The van der Waals surface area contributed by atoms with Gasteiger partial charge in [0.05, 0.1) is 12.8 Å². The summed E-state index contributed by atoms with van der Waals surface area (Å²) < 4.78 is 22.9. The van der Waals surface area contributed by atoms with Crippen molar-refractivity contribution in [2.24, 2.45) is 0 Å². The maximum absolute atomic E-state index is 12.1. The number of aromatic nitrogens is 1. The van der Waals surface area contributed by atoms with Crippen molar-refractivity contribution in [3.63, 3.8) is 0 Å². The van der Waals surface area contributed by atoms with Gasteiger partial charge in [0.2, 0.25) is 0 Å². The molecular formula is C16H20N4O5S2. The Balaban J connectivity index is 2.27. The first-order chi connectivity index (χ1) is 12.7. The lowest BCUT2D eigenvalue weighted by atomic mass is 10.2. The lowest BCUT2D eigenvalue weighted by Gasteiger charge is -2.12. The van der Waals surface area contributed by atoms with Crippen LogP contribution in [0.4, 0.5) is 5.82 Å². The normalized spacial score (nSPS) is 13.2. The molecule has 0 fully saturated rings. The molecule has 3 N–H and O–H groups in total. The standard InChI is InChI=1S/C16H20N4O5S2/c1-9-5-11(25-8-9)6-17-12(7-21)13(10(2)22)18-15-14(23)16(26-19-15)27(24)20(3)4/h5,7-8,17,23H,6H2,1-4H3,(H,18,19)/b13-12-. The maximum atomic E-state index is 12.1. The number of ketones is 1. The third-order valence-corrected chi connectivity index (χ3v) is 5.81. The highest BCUT2D eigenvalue weighted by Crippen LogP contribution is 2.34. The second kappa shape index (κ2) is 8.93. The number of furan rings is 1. The number of carbonyl (C=O) groups is 2. The summed E-state index contributed by atoms with van der Waals surface area (Å²) in [6, 6.07) is 1.80. The topological polar surface area (TPSA) is 125 Å². The van der Waals surface area contributed by atoms with Gasteiger partial charge in [-0.3, -0.25) is 9.59 Å². The van der Waals surface area contributed by atoms with Gasteiger partial charge >= 0.3 is 0 Å².